The fraction of sp³-hybridized carbons (Fsp3) is 0.889. The van der Waals surface area contributed by atoms with Crippen LogP contribution < -0.4 is 0 Å². The van der Waals surface area contributed by atoms with Gasteiger partial charge in [-0.25, -0.2) is 8.42 Å². The first-order valence-corrected chi connectivity index (χ1v) is 6.71. The summed E-state index contributed by atoms with van der Waals surface area (Å²) in [7, 11) is -3.39. The smallest absolute Gasteiger partial charge is 0.322 e. The van der Waals surface area contributed by atoms with E-state index in [9.17, 15) is 13.2 Å². The van der Waals surface area contributed by atoms with Crippen LogP contribution in [0.3, 0.4) is 0 Å². The molecular weight excluding hydrogens is 218 g/mol. The lowest BCUT2D eigenvalue weighted by atomic mass is 9.94. The van der Waals surface area contributed by atoms with Crippen LogP contribution in [0.1, 0.15) is 26.7 Å². The topological polar surface area (TPSA) is 74.7 Å². The van der Waals surface area contributed by atoms with Gasteiger partial charge in [0, 0.05) is 6.54 Å². The Labute approximate surface area is 90.1 Å². The molecule has 1 N–H and O–H groups in total. The van der Waals surface area contributed by atoms with Crippen molar-refractivity contribution in [3.05, 3.63) is 0 Å². The number of carboxylic acid groups (broad SMARTS) is 1. The molecule has 0 aromatic heterocycles. The van der Waals surface area contributed by atoms with Crippen LogP contribution in [0, 0.1) is 5.92 Å². The van der Waals surface area contributed by atoms with Gasteiger partial charge in [-0.1, -0.05) is 6.92 Å². The molecule has 88 valence electrons. The summed E-state index contributed by atoms with van der Waals surface area (Å²) < 4.78 is 24.4. The van der Waals surface area contributed by atoms with Crippen LogP contribution in [0.2, 0.25) is 0 Å². The average molecular weight is 235 g/mol. The molecule has 0 bridgehead atoms. The van der Waals surface area contributed by atoms with Crippen LogP contribution in [-0.2, 0) is 14.8 Å². The normalized spacial score (nSPS) is 28.9. The third-order valence-corrected chi connectivity index (χ3v) is 4.70. The first-order chi connectivity index (χ1) is 6.88. The number of sulfonamides is 1. The molecule has 1 aliphatic heterocycles. The highest BCUT2D eigenvalue weighted by atomic mass is 32.2. The second-order valence-electron chi connectivity index (χ2n) is 3.99. The van der Waals surface area contributed by atoms with E-state index >= 15 is 0 Å². The van der Waals surface area contributed by atoms with Crippen molar-refractivity contribution in [1.82, 2.24) is 4.31 Å². The SMILES string of the molecule is CCS(=O)(=O)N1CCC(C)CC1C(=O)O. The van der Waals surface area contributed by atoms with Gasteiger partial charge >= 0.3 is 5.97 Å². The number of aliphatic carboxylic acids is 1. The van der Waals surface area contributed by atoms with Gasteiger partial charge in [0.1, 0.15) is 6.04 Å². The summed E-state index contributed by atoms with van der Waals surface area (Å²) in [5.74, 6) is -0.807. The number of piperidine rings is 1. The molecule has 2 atom stereocenters. The molecule has 0 amide bonds. The molecule has 2 unspecified atom stereocenters. The van der Waals surface area contributed by atoms with E-state index in [1.54, 1.807) is 0 Å². The van der Waals surface area contributed by atoms with Crippen molar-refractivity contribution in [2.24, 2.45) is 5.92 Å². The first kappa shape index (κ1) is 12.4. The van der Waals surface area contributed by atoms with Gasteiger partial charge in [-0.05, 0) is 25.7 Å². The largest absolute Gasteiger partial charge is 0.480 e. The molecule has 1 aliphatic rings. The summed E-state index contributed by atoms with van der Waals surface area (Å²) in [6.07, 6.45) is 1.15. The maximum atomic E-state index is 11.6. The Morgan fingerprint density at radius 1 is 1.53 bits per heavy atom. The lowest BCUT2D eigenvalue weighted by Crippen LogP contribution is -2.50. The van der Waals surface area contributed by atoms with E-state index in [1.807, 2.05) is 6.92 Å². The van der Waals surface area contributed by atoms with Crippen molar-refractivity contribution < 1.29 is 18.3 Å². The highest BCUT2D eigenvalue weighted by Gasteiger charge is 2.37. The number of rotatable bonds is 3. The molecule has 0 spiro atoms. The van der Waals surface area contributed by atoms with Gasteiger partial charge in [-0.3, -0.25) is 4.79 Å². The Balaban J connectivity index is 2.92. The predicted octanol–water partition coefficient (Wildman–Crippen LogP) is 0.521. The van der Waals surface area contributed by atoms with Crippen LogP contribution in [-0.4, -0.2) is 42.1 Å². The Bertz CT molecular complexity index is 338. The lowest BCUT2D eigenvalue weighted by Gasteiger charge is -2.34. The van der Waals surface area contributed by atoms with Crippen LogP contribution in [0.15, 0.2) is 0 Å². The number of nitrogens with zero attached hydrogens (tertiary/aromatic N) is 1. The molecule has 0 radical (unpaired) electrons. The summed E-state index contributed by atoms with van der Waals surface area (Å²) in [5.41, 5.74) is 0. The molecule has 0 aliphatic carbocycles. The second kappa shape index (κ2) is 4.49. The molecule has 0 saturated carbocycles. The van der Waals surface area contributed by atoms with Gasteiger partial charge in [0.15, 0.2) is 0 Å². The molecule has 6 heteroatoms. The monoisotopic (exact) mass is 235 g/mol. The fourth-order valence-corrected chi connectivity index (χ4v) is 3.12. The Morgan fingerprint density at radius 2 is 2.13 bits per heavy atom. The minimum absolute atomic E-state index is 0.0365. The zero-order valence-corrected chi connectivity index (χ0v) is 9.83. The van der Waals surface area contributed by atoms with E-state index in [1.165, 1.54) is 6.92 Å². The van der Waals surface area contributed by atoms with Crippen molar-refractivity contribution in [1.29, 1.82) is 0 Å². The second-order valence-corrected chi connectivity index (χ2v) is 6.21. The van der Waals surface area contributed by atoms with Crippen molar-refractivity contribution in [2.45, 2.75) is 32.7 Å². The molecule has 1 saturated heterocycles. The summed E-state index contributed by atoms with van der Waals surface area (Å²) in [6, 6.07) is -0.876. The average Bonchev–Trinajstić information content (AvgIpc) is 2.17. The van der Waals surface area contributed by atoms with Gasteiger partial charge in [-0.15, -0.1) is 0 Å². The quantitative estimate of drug-likeness (QED) is 0.774. The number of hydrogen-bond donors (Lipinski definition) is 1. The molecule has 0 aromatic rings. The Morgan fingerprint density at radius 3 is 2.60 bits per heavy atom. The standard InChI is InChI=1S/C9H17NO4S/c1-3-15(13,14)10-5-4-7(2)6-8(10)9(11)12/h7-8H,3-6H2,1-2H3,(H,11,12). The van der Waals surface area contributed by atoms with Gasteiger partial charge < -0.3 is 5.11 Å². The van der Waals surface area contributed by atoms with Gasteiger partial charge in [-0.2, -0.15) is 4.31 Å². The first-order valence-electron chi connectivity index (χ1n) is 5.10. The third kappa shape index (κ3) is 2.69. The van der Waals surface area contributed by atoms with E-state index in [0.717, 1.165) is 10.7 Å². The van der Waals surface area contributed by atoms with Crippen molar-refractivity contribution in [3.63, 3.8) is 0 Å². The minimum atomic E-state index is -3.39. The van der Waals surface area contributed by atoms with Gasteiger partial charge in [0.05, 0.1) is 5.75 Å². The zero-order valence-electron chi connectivity index (χ0n) is 9.01. The molecule has 1 rings (SSSR count). The van der Waals surface area contributed by atoms with E-state index in [4.69, 9.17) is 5.11 Å². The Kier molecular flexibility index (Phi) is 3.72. The zero-order chi connectivity index (χ0) is 11.6. The molecule has 1 heterocycles. The van der Waals surface area contributed by atoms with Gasteiger partial charge in [0.2, 0.25) is 10.0 Å². The van der Waals surface area contributed by atoms with E-state index in [-0.39, 0.29) is 11.7 Å². The van der Waals surface area contributed by atoms with Crippen LogP contribution >= 0.6 is 0 Å². The number of carbonyl (C=O) groups is 1. The van der Waals surface area contributed by atoms with Crippen LogP contribution in [0.4, 0.5) is 0 Å². The van der Waals surface area contributed by atoms with E-state index in [0.29, 0.717) is 13.0 Å². The summed E-state index contributed by atoms with van der Waals surface area (Å²) >= 11 is 0. The third-order valence-electron chi connectivity index (χ3n) is 2.82. The van der Waals surface area contributed by atoms with Crippen LogP contribution in [0.25, 0.3) is 0 Å². The fourth-order valence-electron chi connectivity index (χ4n) is 1.84. The summed E-state index contributed by atoms with van der Waals surface area (Å²) in [5, 5.41) is 8.98. The number of carboxylic acids is 1. The minimum Gasteiger partial charge on any atom is -0.480 e. The molecule has 1 fully saturated rings. The van der Waals surface area contributed by atoms with Crippen LogP contribution in [0.5, 0.6) is 0 Å². The van der Waals surface area contributed by atoms with Crippen molar-refractivity contribution in [3.8, 4) is 0 Å². The molecular formula is C9H17NO4S. The summed E-state index contributed by atoms with van der Waals surface area (Å²) in [6.45, 7) is 3.81. The maximum absolute atomic E-state index is 11.6. The molecule has 15 heavy (non-hydrogen) atoms. The maximum Gasteiger partial charge on any atom is 0.322 e. The van der Waals surface area contributed by atoms with Crippen molar-refractivity contribution in [2.75, 3.05) is 12.3 Å². The van der Waals surface area contributed by atoms with Gasteiger partial charge in [0.25, 0.3) is 0 Å². The van der Waals surface area contributed by atoms with E-state index in [2.05, 4.69) is 0 Å². The summed E-state index contributed by atoms with van der Waals surface area (Å²) in [4.78, 5) is 11.0. The highest BCUT2D eigenvalue weighted by molar-refractivity contribution is 7.89. The van der Waals surface area contributed by atoms with E-state index < -0.39 is 22.0 Å². The lowest BCUT2D eigenvalue weighted by molar-refractivity contribution is -0.142. The highest BCUT2D eigenvalue weighted by Crippen LogP contribution is 2.25. The Hall–Kier alpha value is -0.620. The predicted molar refractivity (Wildman–Crippen MR) is 56.0 cm³/mol. The molecule has 5 nitrogen and oxygen atoms in total. The number of hydrogen-bond acceptors (Lipinski definition) is 3. The van der Waals surface area contributed by atoms with Crippen molar-refractivity contribution >= 4 is 16.0 Å². The molecule has 0 aromatic carbocycles.